The Balaban J connectivity index is 2.15. The number of hydrogen-bond acceptors (Lipinski definition) is 5. The van der Waals surface area contributed by atoms with Gasteiger partial charge >= 0.3 is 0 Å². The molecular weight excluding hydrogens is 312 g/mol. The highest BCUT2D eigenvalue weighted by Crippen LogP contribution is 2.06. The molecule has 24 heavy (non-hydrogen) atoms. The lowest BCUT2D eigenvalue weighted by molar-refractivity contribution is -0.129. The zero-order valence-electron chi connectivity index (χ0n) is 14.2. The van der Waals surface area contributed by atoms with Crippen LogP contribution in [0.15, 0.2) is 17.3 Å². The van der Waals surface area contributed by atoms with Gasteiger partial charge in [0.15, 0.2) is 5.65 Å². The first-order valence-electron chi connectivity index (χ1n) is 7.71. The Hall–Kier alpha value is -2.71. The van der Waals surface area contributed by atoms with Gasteiger partial charge in [0.1, 0.15) is 24.3 Å². The summed E-state index contributed by atoms with van der Waals surface area (Å²) in [4.78, 5) is 40.6. The monoisotopic (exact) mass is 334 g/mol. The van der Waals surface area contributed by atoms with E-state index in [0.717, 1.165) is 0 Å². The lowest BCUT2D eigenvalue weighted by atomic mass is 10.0. The average molecular weight is 334 g/mol. The molecule has 9 heteroatoms. The van der Waals surface area contributed by atoms with Crippen molar-refractivity contribution < 1.29 is 9.59 Å². The molecule has 9 nitrogen and oxygen atoms in total. The van der Waals surface area contributed by atoms with Gasteiger partial charge < -0.3 is 10.6 Å². The molecule has 2 N–H and O–H groups in total. The summed E-state index contributed by atoms with van der Waals surface area (Å²) < 4.78 is 2.70. The second-order valence-electron chi connectivity index (χ2n) is 6.05. The van der Waals surface area contributed by atoms with E-state index in [2.05, 4.69) is 20.7 Å². The van der Waals surface area contributed by atoms with E-state index in [1.807, 2.05) is 13.8 Å². The van der Waals surface area contributed by atoms with E-state index in [-0.39, 0.29) is 23.9 Å². The second kappa shape index (κ2) is 7.24. The topological polar surface area (TPSA) is 111 Å². The Bertz CT molecular complexity index is 807. The van der Waals surface area contributed by atoms with Crippen molar-refractivity contribution in [3.8, 4) is 0 Å². The molecule has 0 unspecified atom stereocenters. The molecule has 2 amide bonds. The quantitative estimate of drug-likeness (QED) is 0.733. The Morgan fingerprint density at radius 1 is 1.33 bits per heavy atom. The Morgan fingerprint density at radius 3 is 2.67 bits per heavy atom. The van der Waals surface area contributed by atoms with Crippen molar-refractivity contribution in [1.82, 2.24) is 30.0 Å². The fraction of sp³-hybridized carbons (Fsp3) is 0.533. The molecule has 0 aliphatic heterocycles. The van der Waals surface area contributed by atoms with E-state index >= 15 is 0 Å². The number of nitrogens with zero attached hydrogens (tertiary/aromatic N) is 4. The summed E-state index contributed by atoms with van der Waals surface area (Å²) in [5.74, 6) is -0.439. The molecule has 2 aromatic heterocycles. The van der Waals surface area contributed by atoms with Crippen molar-refractivity contribution in [3.05, 3.63) is 22.9 Å². The zero-order valence-corrected chi connectivity index (χ0v) is 14.2. The highest BCUT2D eigenvalue weighted by molar-refractivity contribution is 5.87. The summed E-state index contributed by atoms with van der Waals surface area (Å²) >= 11 is 0. The number of amides is 2. The molecule has 1 atom stereocenters. The summed E-state index contributed by atoms with van der Waals surface area (Å²) in [6.45, 7) is 3.72. The summed E-state index contributed by atoms with van der Waals surface area (Å²) in [6, 6.07) is -0.631. The van der Waals surface area contributed by atoms with Crippen molar-refractivity contribution in [3.63, 3.8) is 0 Å². The number of carbonyl (C=O) groups excluding carboxylic acids is 2. The largest absolute Gasteiger partial charge is 0.357 e. The van der Waals surface area contributed by atoms with Crippen LogP contribution in [0.2, 0.25) is 0 Å². The number of aryl methyl sites for hydroxylation is 1. The van der Waals surface area contributed by atoms with Crippen molar-refractivity contribution in [1.29, 1.82) is 0 Å². The van der Waals surface area contributed by atoms with Gasteiger partial charge in [0.25, 0.3) is 5.56 Å². The van der Waals surface area contributed by atoms with Crippen LogP contribution in [-0.4, -0.2) is 44.2 Å². The van der Waals surface area contributed by atoms with Gasteiger partial charge in [0.2, 0.25) is 11.8 Å². The molecule has 0 radical (unpaired) electrons. The standard InChI is InChI=1S/C15H22N6O3/c1-9(2)5-11(14(23)16-3)19-12(22)7-21-8-17-13-10(15(21)24)6-18-20(13)4/h6,8-9,11H,5,7H2,1-4H3,(H,16,23)(H,19,22)/t11-/m0/s1. The molecule has 130 valence electrons. The second-order valence-corrected chi connectivity index (χ2v) is 6.05. The van der Waals surface area contributed by atoms with Crippen LogP contribution in [-0.2, 0) is 23.2 Å². The third-order valence-corrected chi connectivity index (χ3v) is 3.64. The van der Waals surface area contributed by atoms with Crippen LogP contribution in [0, 0.1) is 5.92 Å². The first kappa shape index (κ1) is 17.6. The van der Waals surface area contributed by atoms with Gasteiger partial charge in [-0.05, 0) is 12.3 Å². The summed E-state index contributed by atoms with van der Waals surface area (Å²) in [7, 11) is 3.21. The third-order valence-electron chi connectivity index (χ3n) is 3.64. The number of nitrogens with one attached hydrogen (secondary N) is 2. The molecule has 0 aromatic carbocycles. The van der Waals surface area contributed by atoms with Crippen LogP contribution in [0.3, 0.4) is 0 Å². The number of carbonyl (C=O) groups is 2. The van der Waals surface area contributed by atoms with E-state index in [4.69, 9.17) is 0 Å². The predicted octanol–water partition coefficient (Wildman–Crippen LogP) is -0.593. The molecular formula is C15H22N6O3. The Labute approximate surface area is 139 Å². The van der Waals surface area contributed by atoms with E-state index in [1.165, 1.54) is 28.8 Å². The molecule has 0 saturated carbocycles. The maximum Gasteiger partial charge on any atom is 0.264 e. The molecule has 0 aliphatic carbocycles. The van der Waals surface area contributed by atoms with E-state index in [9.17, 15) is 14.4 Å². The van der Waals surface area contributed by atoms with Crippen LogP contribution in [0.4, 0.5) is 0 Å². The number of aromatic nitrogens is 4. The van der Waals surface area contributed by atoms with Gasteiger partial charge in [-0.3, -0.25) is 23.6 Å². The minimum Gasteiger partial charge on any atom is -0.357 e. The van der Waals surface area contributed by atoms with Gasteiger partial charge in [0.05, 0.1) is 6.20 Å². The lowest BCUT2D eigenvalue weighted by Gasteiger charge is -2.19. The smallest absolute Gasteiger partial charge is 0.264 e. The van der Waals surface area contributed by atoms with Crippen molar-refractivity contribution in [2.45, 2.75) is 32.9 Å². The number of likely N-dealkylation sites (N-methyl/N-ethyl adjacent to an activating group) is 1. The molecule has 0 bridgehead atoms. The van der Waals surface area contributed by atoms with Crippen LogP contribution in [0.5, 0.6) is 0 Å². The molecule has 2 rings (SSSR count). The minimum atomic E-state index is -0.631. The van der Waals surface area contributed by atoms with Crippen LogP contribution < -0.4 is 16.2 Å². The van der Waals surface area contributed by atoms with Gasteiger partial charge in [-0.2, -0.15) is 5.10 Å². The number of hydrogen-bond donors (Lipinski definition) is 2. The summed E-state index contributed by atoms with van der Waals surface area (Å²) in [6.07, 6.45) is 3.24. The minimum absolute atomic E-state index is 0.206. The lowest BCUT2D eigenvalue weighted by Crippen LogP contribution is -2.47. The van der Waals surface area contributed by atoms with E-state index in [1.54, 1.807) is 7.05 Å². The normalized spacial score (nSPS) is 12.4. The average Bonchev–Trinajstić information content (AvgIpc) is 2.90. The van der Waals surface area contributed by atoms with Gasteiger partial charge in [-0.1, -0.05) is 13.8 Å². The van der Waals surface area contributed by atoms with Gasteiger partial charge in [-0.15, -0.1) is 0 Å². The summed E-state index contributed by atoms with van der Waals surface area (Å²) in [5.41, 5.74) is 0.114. The molecule has 2 heterocycles. The van der Waals surface area contributed by atoms with Gasteiger partial charge in [0, 0.05) is 14.1 Å². The highest BCUT2D eigenvalue weighted by Gasteiger charge is 2.21. The molecule has 0 aliphatic rings. The highest BCUT2D eigenvalue weighted by atomic mass is 16.2. The summed E-state index contributed by atoms with van der Waals surface area (Å²) in [5, 5.41) is 9.53. The number of rotatable bonds is 6. The predicted molar refractivity (Wildman–Crippen MR) is 88.2 cm³/mol. The number of fused-ring (bicyclic) bond motifs is 1. The first-order chi connectivity index (χ1) is 11.3. The van der Waals surface area contributed by atoms with E-state index in [0.29, 0.717) is 17.5 Å². The zero-order chi connectivity index (χ0) is 17.9. The van der Waals surface area contributed by atoms with Crippen LogP contribution in [0.25, 0.3) is 11.0 Å². The third kappa shape index (κ3) is 3.79. The van der Waals surface area contributed by atoms with Crippen molar-refractivity contribution in [2.24, 2.45) is 13.0 Å². The fourth-order valence-corrected chi connectivity index (χ4v) is 2.45. The van der Waals surface area contributed by atoms with Crippen molar-refractivity contribution in [2.75, 3.05) is 7.05 Å². The van der Waals surface area contributed by atoms with Crippen LogP contribution >= 0.6 is 0 Å². The Morgan fingerprint density at radius 2 is 2.04 bits per heavy atom. The van der Waals surface area contributed by atoms with Crippen molar-refractivity contribution >= 4 is 22.8 Å². The maximum absolute atomic E-state index is 12.3. The first-order valence-corrected chi connectivity index (χ1v) is 7.71. The SMILES string of the molecule is CNC(=O)[C@H](CC(C)C)NC(=O)Cn1cnc2c(cnn2C)c1=O. The molecule has 0 spiro atoms. The van der Waals surface area contributed by atoms with Gasteiger partial charge in [-0.25, -0.2) is 4.98 Å². The molecule has 2 aromatic rings. The van der Waals surface area contributed by atoms with Crippen LogP contribution in [0.1, 0.15) is 20.3 Å². The molecule has 0 saturated heterocycles. The fourth-order valence-electron chi connectivity index (χ4n) is 2.45. The van der Waals surface area contributed by atoms with E-state index < -0.39 is 11.9 Å². The Kier molecular flexibility index (Phi) is 5.32. The molecule has 0 fully saturated rings. The maximum atomic E-state index is 12.3.